The normalized spacial score (nSPS) is 15.6. The molecule has 174 valence electrons. The first-order valence-electron chi connectivity index (χ1n) is 11.1. The predicted octanol–water partition coefficient (Wildman–Crippen LogP) is 3.87. The molecule has 0 saturated carbocycles. The van der Waals surface area contributed by atoms with Crippen molar-refractivity contribution in [2.75, 3.05) is 20.2 Å². The fourth-order valence-electron chi connectivity index (χ4n) is 4.17. The number of likely N-dealkylation sites (N-methyl/N-ethyl adjacent to an activating group) is 1. The van der Waals surface area contributed by atoms with E-state index in [0.29, 0.717) is 35.9 Å². The molecule has 2 N–H and O–H groups in total. The van der Waals surface area contributed by atoms with Crippen molar-refractivity contribution in [3.8, 4) is 11.5 Å². The zero-order valence-corrected chi connectivity index (χ0v) is 19.5. The lowest BCUT2D eigenvalue weighted by Crippen LogP contribution is -2.51. The number of rotatable bonds is 7. The van der Waals surface area contributed by atoms with Gasteiger partial charge in [-0.15, -0.1) is 11.3 Å². The molecule has 0 fully saturated rings. The van der Waals surface area contributed by atoms with Crippen LogP contribution in [-0.2, 0) is 11.2 Å². The van der Waals surface area contributed by atoms with Crippen molar-refractivity contribution in [1.82, 2.24) is 15.2 Å². The Morgan fingerprint density at radius 3 is 2.74 bits per heavy atom. The molecule has 1 unspecified atom stereocenters. The fraction of sp³-hybridized carbons (Fsp3) is 0.231. The highest BCUT2D eigenvalue weighted by Gasteiger charge is 2.29. The van der Waals surface area contributed by atoms with Crippen LogP contribution in [0.15, 0.2) is 72.2 Å². The molecule has 2 aromatic heterocycles. The third kappa shape index (κ3) is 4.63. The van der Waals surface area contributed by atoms with Crippen LogP contribution in [0.4, 0.5) is 0 Å². The summed E-state index contributed by atoms with van der Waals surface area (Å²) in [5.74, 6) is 0.930. The predicted molar refractivity (Wildman–Crippen MR) is 132 cm³/mol. The van der Waals surface area contributed by atoms with Gasteiger partial charge in [0.05, 0.1) is 11.4 Å². The SMILES string of the molecule is CN(CC1COc2ccccc2O1)C(=O)[C@H](Cc1c[nH]c2ccccc12)NC(=O)c1cccs1. The van der Waals surface area contributed by atoms with Crippen LogP contribution >= 0.6 is 11.3 Å². The largest absolute Gasteiger partial charge is 0.486 e. The quantitative estimate of drug-likeness (QED) is 0.425. The topological polar surface area (TPSA) is 83.7 Å². The van der Waals surface area contributed by atoms with E-state index in [1.165, 1.54) is 11.3 Å². The summed E-state index contributed by atoms with van der Waals surface area (Å²) in [6.45, 7) is 0.690. The molecule has 0 radical (unpaired) electrons. The number of nitrogens with one attached hydrogen (secondary N) is 2. The van der Waals surface area contributed by atoms with Crippen LogP contribution < -0.4 is 14.8 Å². The maximum Gasteiger partial charge on any atom is 0.262 e. The first-order valence-corrected chi connectivity index (χ1v) is 12.0. The van der Waals surface area contributed by atoms with Gasteiger partial charge in [-0.1, -0.05) is 36.4 Å². The molecule has 0 saturated heterocycles. The van der Waals surface area contributed by atoms with E-state index in [1.54, 1.807) is 18.0 Å². The average Bonchev–Trinajstić information content (AvgIpc) is 3.54. The highest BCUT2D eigenvalue weighted by atomic mass is 32.1. The van der Waals surface area contributed by atoms with E-state index in [-0.39, 0.29) is 17.9 Å². The standard InChI is InChI=1S/C26H25N3O4S/c1-29(15-18-16-32-22-9-4-5-10-23(22)33-18)26(31)21(28-25(30)24-11-6-12-34-24)13-17-14-27-20-8-3-2-7-19(17)20/h2-12,14,18,21,27H,13,15-16H2,1H3,(H,28,30)/t18?,21-/m0/s1. The second kappa shape index (κ2) is 9.61. The molecule has 0 bridgehead atoms. The van der Waals surface area contributed by atoms with Crippen LogP contribution in [0.5, 0.6) is 11.5 Å². The molecule has 1 aliphatic rings. The Hall–Kier alpha value is -3.78. The number of aromatic amines is 1. The van der Waals surface area contributed by atoms with Gasteiger partial charge >= 0.3 is 0 Å². The molecule has 3 heterocycles. The Kier molecular flexibility index (Phi) is 6.22. The van der Waals surface area contributed by atoms with Crippen molar-refractivity contribution in [3.05, 3.63) is 82.7 Å². The van der Waals surface area contributed by atoms with E-state index in [0.717, 1.165) is 16.5 Å². The molecule has 2 amide bonds. The number of ether oxygens (including phenoxy) is 2. The molecule has 0 aliphatic carbocycles. The number of carbonyl (C=O) groups is 2. The zero-order valence-electron chi connectivity index (χ0n) is 18.7. The monoisotopic (exact) mass is 475 g/mol. The van der Waals surface area contributed by atoms with Gasteiger partial charge in [0.1, 0.15) is 12.6 Å². The Morgan fingerprint density at radius 2 is 1.91 bits per heavy atom. The lowest BCUT2D eigenvalue weighted by Gasteiger charge is -2.31. The number of para-hydroxylation sites is 3. The molecule has 0 spiro atoms. The minimum Gasteiger partial charge on any atom is -0.486 e. The van der Waals surface area contributed by atoms with E-state index in [2.05, 4.69) is 10.3 Å². The van der Waals surface area contributed by atoms with Gasteiger partial charge in [0.15, 0.2) is 17.6 Å². The number of hydrogen-bond donors (Lipinski definition) is 2. The van der Waals surface area contributed by atoms with Gasteiger partial charge < -0.3 is 24.7 Å². The summed E-state index contributed by atoms with van der Waals surface area (Å²) in [6, 6.07) is 18.3. The number of carbonyl (C=O) groups excluding carboxylic acids is 2. The van der Waals surface area contributed by atoms with Crippen LogP contribution in [0.3, 0.4) is 0 Å². The number of aromatic nitrogens is 1. The van der Waals surface area contributed by atoms with Gasteiger partial charge in [-0.05, 0) is 35.2 Å². The number of thiophene rings is 1. The van der Waals surface area contributed by atoms with Crippen molar-refractivity contribution >= 4 is 34.1 Å². The molecule has 1 aliphatic heterocycles. The van der Waals surface area contributed by atoms with Crippen molar-refractivity contribution < 1.29 is 19.1 Å². The third-order valence-corrected chi connectivity index (χ3v) is 6.74. The highest BCUT2D eigenvalue weighted by molar-refractivity contribution is 7.12. The molecule has 7 nitrogen and oxygen atoms in total. The second-order valence-electron chi connectivity index (χ2n) is 8.28. The minimum absolute atomic E-state index is 0.183. The second-order valence-corrected chi connectivity index (χ2v) is 9.23. The fourth-order valence-corrected chi connectivity index (χ4v) is 4.80. The van der Waals surface area contributed by atoms with Crippen LogP contribution in [0.1, 0.15) is 15.2 Å². The Balaban J connectivity index is 1.33. The molecule has 5 rings (SSSR count). The summed E-state index contributed by atoms with van der Waals surface area (Å²) in [5.41, 5.74) is 1.97. The first-order chi connectivity index (χ1) is 16.6. The number of amides is 2. The summed E-state index contributed by atoms with van der Waals surface area (Å²) in [6.07, 6.45) is 1.97. The molecular weight excluding hydrogens is 450 g/mol. The van der Waals surface area contributed by atoms with Gasteiger partial charge in [-0.2, -0.15) is 0 Å². The Labute approximate surface area is 201 Å². The average molecular weight is 476 g/mol. The first kappa shape index (κ1) is 22.0. The summed E-state index contributed by atoms with van der Waals surface area (Å²) in [5, 5.41) is 5.83. The summed E-state index contributed by atoms with van der Waals surface area (Å²) < 4.78 is 11.8. The molecule has 8 heteroatoms. The Morgan fingerprint density at radius 1 is 1.12 bits per heavy atom. The van der Waals surface area contributed by atoms with E-state index in [1.807, 2.05) is 66.2 Å². The third-order valence-electron chi connectivity index (χ3n) is 5.87. The van der Waals surface area contributed by atoms with Crippen LogP contribution in [0.25, 0.3) is 10.9 Å². The van der Waals surface area contributed by atoms with Crippen LogP contribution in [0.2, 0.25) is 0 Å². The lowest BCUT2D eigenvalue weighted by molar-refractivity contribution is -0.133. The van der Waals surface area contributed by atoms with Crippen molar-refractivity contribution in [2.24, 2.45) is 0 Å². The number of nitrogens with zero attached hydrogens (tertiary/aromatic N) is 1. The van der Waals surface area contributed by atoms with Crippen molar-refractivity contribution in [3.63, 3.8) is 0 Å². The van der Waals surface area contributed by atoms with Gasteiger partial charge in [0, 0.05) is 30.6 Å². The molecule has 34 heavy (non-hydrogen) atoms. The van der Waals surface area contributed by atoms with Gasteiger partial charge in [-0.25, -0.2) is 0 Å². The smallest absolute Gasteiger partial charge is 0.262 e. The van der Waals surface area contributed by atoms with Gasteiger partial charge in [0.2, 0.25) is 5.91 Å². The molecular formula is C26H25N3O4S. The number of benzene rings is 2. The Bertz CT molecular complexity index is 1300. The van der Waals surface area contributed by atoms with Crippen LogP contribution in [-0.4, -0.2) is 54.0 Å². The maximum atomic E-state index is 13.5. The van der Waals surface area contributed by atoms with Gasteiger partial charge in [-0.3, -0.25) is 9.59 Å². The van der Waals surface area contributed by atoms with E-state index >= 15 is 0 Å². The summed E-state index contributed by atoms with van der Waals surface area (Å²) >= 11 is 1.35. The molecule has 4 aromatic rings. The van der Waals surface area contributed by atoms with Gasteiger partial charge in [0.25, 0.3) is 5.91 Å². The number of hydrogen-bond acceptors (Lipinski definition) is 5. The van der Waals surface area contributed by atoms with Crippen molar-refractivity contribution in [2.45, 2.75) is 18.6 Å². The number of fused-ring (bicyclic) bond motifs is 2. The zero-order chi connectivity index (χ0) is 23.5. The molecule has 2 aromatic carbocycles. The minimum atomic E-state index is -0.726. The summed E-state index contributed by atoms with van der Waals surface area (Å²) in [4.78, 5) is 31.8. The van der Waals surface area contributed by atoms with Crippen LogP contribution in [0, 0.1) is 0 Å². The lowest BCUT2D eigenvalue weighted by atomic mass is 10.0. The van der Waals surface area contributed by atoms with Crippen molar-refractivity contribution in [1.29, 1.82) is 0 Å². The van der Waals surface area contributed by atoms with E-state index < -0.39 is 6.04 Å². The maximum absolute atomic E-state index is 13.5. The summed E-state index contributed by atoms with van der Waals surface area (Å²) in [7, 11) is 1.73. The number of H-pyrrole nitrogens is 1. The highest BCUT2D eigenvalue weighted by Crippen LogP contribution is 2.31. The van der Waals surface area contributed by atoms with E-state index in [9.17, 15) is 9.59 Å². The van der Waals surface area contributed by atoms with E-state index in [4.69, 9.17) is 9.47 Å². The molecule has 2 atom stereocenters.